The minimum Gasteiger partial charge on any atom is -0.375 e. The molecular weight excluding hydrogens is 242 g/mol. The molecule has 3 rings (SSSR count). The summed E-state index contributed by atoms with van der Waals surface area (Å²) in [6.45, 7) is 2.27. The normalized spacial score (nSPS) is 29.8. The molecule has 1 amide bonds. The van der Waals surface area contributed by atoms with Crippen molar-refractivity contribution in [3.05, 3.63) is 18.0 Å². The highest BCUT2D eigenvalue weighted by Gasteiger charge is 2.43. The van der Waals surface area contributed by atoms with Gasteiger partial charge in [-0.25, -0.2) is 0 Å². The fourth-order valence-electron chi connectivity index (χ4n) is 3.60. The Hall–Kier alpha value is -1.36. The van der Waals surface area contributed by atoms with Crippen molar-refractivity contribution in [3.63, 3.8) is 0 Å². The fourth-order valence-corrected chi connectivity index (χ4v) is 3.60. The molecule has 5 nitrogen and oxygen atoms in total. The summed E-state index contributed by atoms with van der Waals surface area (Å²) in [5.74, 6) is 0.144. The van der Waals surface area contributed by atoms with E-state index in [1.807, 2.05) is 6.20 Å². The maximum Gasteiger partial charge on any atom is 0.249 e. The van der Waals surface area contributed by atoms with Crippen molar-refractivity contribution in [2.24, 2.45) is 0 Å². The number of hydrogen-bond donors (Lipinski definition) is 0. The second kappa shape index (κ2) is 4.96. The Morgan fingerprint density at radius 3 is 2.58 bits per heavy atom. The van der Waals surface area contributed by atoms with Crippen molar-refractivity contribution in [1.29, 1.82) is 0 Å². The van der Waals surface area contributed by atoms with E-state index in [2.05, 4.69) is 27.8 Å². The van der Waals surface area contributed by atoms with Gasteiger partial charge in [0.1, 0.15) is 6.61 Å². The third-order valence-corrected chi connectivity index (χ3v) is 4.37. The molecule has 3 heterocycles. The Bertz CT molecular complexity index is 457. The molecule has 0 radical (unpaired) electrons. The third kappa shape index (κ3) is 2.27. The molecule has 0 aromatic carbocycles. The summed E-state index contributed by atoms with van der Waals surface area (Å²) in [7, 11) is 1.58. The summed E-state index contributed by atoms with van der Waals surface area (Å²) in [4.78, 5) is 14.2. The van der Waals surface area contributed by atoms with Crippen LogP contribution in [0.5, 0.6) is 0 Å². The van der Waals surface area contributed by atoms with E-state index in [1.54, 1.807) is 7.11 Å². The Balaban J connectivity index is 1.73. The largest absolute Gasteiger partial charge is 0.375 e. The van der Waals surface area contributed by atoms with Crippen molar-refractivity contribution in [1.82, 2.24) is 14.7 Å². The molecule has 1 aromatic heterocycles. The third-order valence-electron chi connectivity index (χ3n) is 4.37. The van der Waals surface area contributed by atoms with Gasteiger partial charge in [0.2, 0.25) is 5.91 Å². The highest BCUT2D eigenvalue weighted by Crippen LogP contribution is 2.40. The van der Waals surface area contributed by atoms with Crippen LogP contribution in [-0.2, 0) is 9.53 Å². The molecule has 0 spiro atoms. The predicted octanol–water partition coefficient (Wildman–Crippen LogP) is 1.53. The maximum absolute atomic E-state index is 12.1. The lowest BCUT2D eigenvalue weighted by Gasteiger charge is -2.39. The maximum atomic E-state index is 12.1. The van der Waals surface area contributed by atoms with Crippen molar-refractivity contribution >= 4 is 5.91 Å². The zero-order valence-electron chi connectivity index (χ0n) is 11.6. The SMILES string of the molecule is COCC(=O)N1C2CCC1CC(n1cc(C)cn1)C2. The van der Waals surface area contributed by atoms with Crippen LogP contribution in [-0.4, -0.2) is 46.4 Å². The minimum absolute atomic E-state index is 0.144. The van der Waals surface area contributed by atoms with Gasteiger partial charge in [0.15, 0.2) is 0 Å². The molecule has 1 aromatic rings. The van der Waals surface area contributed by atoms with Gasteiger partial charge in [-0.05, 0) is 38.2 Å². The molecule has 2 unspecified atom stereocenters. The molecule has 0 saturated carbocycles. The Morgan fingerprint density at radius 2 is 2.05 bits per heavy atom. The van der Waals surface area contributed by atoms with E-state index in [0.29, 0.717) is 18.1 Å². The quantitative estimate of drug-likeness (QED) is 0.831. The average molecular weight is 263 g/mol. The van der Waals surface area contributed by atoms with Gasteiger partial charge in [-0.15, -0.1) is 0 Å². The van der Waals surface area contributed by atoms with Gasteiger partial charge >= 0.3 is 0 Å². The van der Waals surface area contributed by atoms with E-state index in [9.17, 15) is 4.79 Å². The van der Waals surface area contributed by atoms with E-state index in [4.69, 9.17) is 4.74 Å². The van der Waals surface area contributed by atoms with Gasteiger partial charge in [0.05, 0.1) is 12.2 Å². The molecular formula is C14H21N3O2. The molecule has 5 heteroatoms. The zero-order valence-corrected chi connectivity index (χ0v) is 11.6. The average Bonchev–Trinajstić information content (AvgIpc) is 2.92. The minimum atomic E-state index is 0.144. The van der Waals surface area contributed by atoms with Crippen LogP contribution >= 0.6 is 0 Å². The molecule has 0 aliphatic carbocycles. The lowest BCUT2D eigenvalue weighted by Crippen LogP contribution is -2.48. The number of carbonyl (C=O) groups excluding carboxylic acids is 1. The van der Waals surface area contributed by atoms with Crippen LogP contribution in [0.15, 0.2) is 12.4 Å². The van der Waals surface area contributed by atoms with Crippen molar-refractivity contribution in [2.75, 3.05) is 13.7 Å². The number of methoxy groups -OCH3 is 1. The first kappa shape index (κ1) is 12.7. The van der Waals surface area contributed by atoms with Gasteiger partial charge in [0.25, 0.3) is 0 Å². The lowest BCUT2D eigenvalue weighted by molar-refractivity contribution is -0.140. The van der Waals surface area contributed by atoms with Crippen LogP contribution in [0.3, 0.4) is 0 Å². The number of rotatable bonds is 3. The number of fused-ring (bicyclic) bond motifs is 2. The Kier molecular flexibility index (Phi) is 3.31. The number of amides is 1. The van der Waals surface area contributed by atoms with Crippen LogP contribution in [0.25, 0.3) is 0 Å². The highest BCUT2D eigenvalue weighted by molar-refractivity contribution is 5.78. The van der Waals surface area contributed by atoms with Gasteiger partial charge in [-0.1, -0.05) is 0 Å². The number of ether oxygens (including phenoxy) is 1. The van der Waals surface area contributed by atoms with Crippen LogP contribution in [0.1, 0.15) is 37.3 Å². The summed E-state index contributed by atoms with van der Waals surface area (Å²) in [6, 6.07) is 1.18. The number of aromatic nitrogens is 2. The van der Waals surface area contributed by atoms with E-state index in [-0.39, 0.29) is 12.5 Å². The standard InChI is InChI=1S/C14H21N3O2/c1-10-7-15-16(8-10)13-5-11-3-4-12(6-13)17(11)14(18)9-19-2/h7-8,11-13H,3-6,9H2,1-2H3. The fraction of sp³-hybridized carbons (Fsp3) is 0.714. The van der Waals surface area contributed by atoms with Crippen molar-refractivity contribution in [3.8, 4) is 0 Å². The van der Waals surface area contributed by atoms with Gasteiger partial charge in [-0.2, -0.15) is 5.10 Å². The van der Waals surface area contributed by atoms with Crippen LogP contribution in [0.2, 0.25) is 0 Å². The summed E-state index contributed by atoms with van der Waals surface area (Å²) in [5.41, 5.74) is 1.20. The van der Waals surface area contributed by atoms with E-state index >= 15 is 0 Å². The molecule has 2 fully saturated rings. The van der Waals surface area contributed by atoms with Crippen molar-refractivity contribution < 1.29 is 9.53 Å². The van der Waals surface area contributed by atoms with Crippen LogP contribution in [0, 0.1) is 6.92 Å². The molecule has 19 heavy (non-hydrogen) atoms. The molecule has 104 valence electrons. The van der Waals surface area contributed by atoms with E-state index in [1.165, 1.54) is 5.56 Å². The first-order valence-electron chi connectivity index (χ1n) is 7.00. The molecule has 2 aliphatic heterocycles. The highest BCUT2D eigenvalue weighted by atomic mass is 16.5. The van der Waals surface area contributed by atoms with E-state index < -0.39 is 0 Å². The second-order valence-electron chi connectivity index (χ2n) is 5.74. The Labute approximate surface area is 113 Å². The number of piperidine rings is 1. The molecule has 0 N–H and O–H groups in total. The summed E-state index contributed by atoms with van der Waals surface area (Å²) in [5, 5.41) is 4.43. The predicted molar refractivity (Wildman–Crippen MR) is 70.8 cm³/mol. The molecule has 2 aliphatic rings. The lowest BCUT2D eigenvalue weighted by atomic mass is 9.97. The molecule has 2 atom stereocenters. The molecule has 2 bridgehead atoms. The monoisotopic (exact) mass is 263 g/mol. The Morgan fingerprint density at radius 1 is 1.37 bits per heavy atom. The van der Waals surface area contributed by atoms with Gasteiger partial charge < -0.3 is 9.64 Å². The molecule has 2 saturated heterocycles. The number of hydrogen-bond acceptors (Lipinski definition) is 3. The smallest absolute Gasteiger partial charge is 0.249 e. The van der Waals surface area contributed by atoms with Gasteiger partial charge in [0, 0.05) is 25.4 Å². The first-order chi connectivity index (χ1) is 9.19. The summed E-state index contributed by atoms with van der Waals surface area (Å²) < 4.78 is 7.07. The van der Waals surface area contributed by atoms with Crippen LogP contribution < -0.4 is 0 Å². The number of nitrogens with zero attached hydrogens (tertiary/aromatic N) is 3. The summed E-state index contributed by atoms with van der Waals surface area (Å²) in [6.07, 6.45) is 8.30. The van der Waals surface area contributed by atoms with Gasteiger partial charge in [-0.3, -0.25) is 9.48 Å². The van der Waals surface area contributed by atoms with Crippen molar-refractivity contribution in [2.45, 2.75) is 50.7 Å². The van der Waals surface area contributed by atoms with Crippen LogP contribution in [0.4, 0.5) is 0 Å². The summed E-state index contributed by atoms with van der Waals surface area (Å²) >= 11 is 0. The topological polar surface area (TPSA) is 47.4 Å². The zero-order chi connectivity index (χ0) is 13.4. The van der Waals surface area contributed by atoms with E-state index in [0.717, 1.165) is 25.7 Å². The number of aryl methyl sites for hydroxylation is 1. The number of carbonyl (C=O) groups is 1. The first-order valence-corrected chi connectivity index (χ1v) is 7.00. The second-order valence-corrected chi connectivity index (χ2v) is 5.74.